The maximum atomic E-state index is 11.3. The Hall–Kier alpha value is -1.51. The Morgan fingerprint density at radius 2 is 2.00 bits per heavy atom. The lowest BCUT2D eigenvalue weighted by atomic mass is 10.2. The van der Waals surface area contributed by atoms with Gasteiger partial charge in [-0.3, -0.25) is 0 Å². The van der Waals surface area contributed by atoms with Crippen LogP contribution in [0, 0.1) is 6.07 Å². The van der Waals surface area contributed by atoms with E-state index in [-0.39, 0.29) is 0 Å². The van der Waals surface area contributed by atoms with Crippen molar-refractivity contribution in [2.24, 2.45) is 0 Å². The Bertz CT molecular complexity index is 314. The van der Waals surface area contributed by atoms with Crippen molar-refractivity contribution in [3.63, 3.8) is 0 Å². The van der Waals surface area contributed by atoms with Gasteiger partial charge in [-0.15, -0.1) is 0 Å². The number of nitrogens with one attached hydrogen (secondary N) is 1. The van der Waals surface area contributed by atoms with Gasteiger partial charge in [-0.25, -0.2) is 4.79 Å². The van der Waals surface area contributed by atoms with Gasteiger partial charge in [0.25, 0.3) is 0 Å². The van der Waals surface area contributed by atoms with Gasteiger partial charge in [0, 0.05) is 6.54 Å². The first-order chi connectivity index (χ1) is 6.97. The Labute approximate surface area is 90.4 Å². The summed E-state index contributed by atoms with van der Waals surface area (Å²) in [5.41, 5.74) is 0.578. The molecule has 15 heavy (non-hydrogen) atoms. The second-order valence-corrected chi connectivity index (χ2v) is 4.26. The standard InChI is InChI=1S/C12H16NO2/c1-12(2,3)15-11(14)13-9-10-7-5-4-6-8-10/h5-8H,9H2,1-3H3,(H,13,14). The first kappa shape index (κ1) is 11.6. The average Bonchev–Trinajstić information content (AvgIpc) is 2.14. The summed E-state index contributed by atoms with van der Waals surface area (Å²) in [6.45, 7) is 5.99. The largest absolute Gasteiger partial charge is 0.444 e. The molecule has 0 aromatic heterocycles. The summed E-state index contributed by atoms with van der Waals surface area (Å²) >= 11 is 0. The van der Waals surface area contributed by atoms with Crippen molar-refractivity contribution in [2.45, 2.75) is 32.9 Å². The molecule has 1 amide bonds. The second-order valence-electron chi connectivity index (χ2n) is 4.26. The predicted octanol–water partition coefficient (Wildman–Crippen LogP) is 2.51. The van der Waals surface area contributed by atoms with Crippen molar-refractivity contribution in [2.75, 3.05) is 0 Å². The summed E-state index contributed by atoms with van der Waals surface area (Å²) in [5.74, 6) is 0. The van der Waals surface area contributed by atoms with Gasteiger partial charge in [0.1, 0.15) is 5.60 Å². The number of benzene rings is 1. The van der Waals surface area contributed by atoms with Crippen molar-refractivity contribution < 1.29 is 9.53 Å². The van der Waals surface area contributed by atoms with Gasteiger partial charge in [-0.1, -0.05) is 24.3 Å². The van der Waals surface area contributed by atoms with Crippen molar-refractivity contribution in [1.82, 2.24) is 5.32 Å². The molecule has 1 N–H and O–H groups in total. The molecular formula is C12H16NO2. The lowest BCUT2D eigenvalue weighted by Gasteiger charge is -2.19. The number of hydrogen-bond acceptors (Lipinski definition) is 2. The van der Waals surface area contributed by atoms with E-state index in [0.29, 0.717) is 6.54 Å². The van der Waals surface area contributed by atoms with Gasteiger partial charge in [0.15, 0.2) is 0 Å². The molecule has 81 valence electrons. The van der Waals surface area contributed by atoms with Crippen LogP contribution in [0.1, 0.15) is 26.3 Å². The summed E-state index contributed by atoms with van der Waals surface area (Å²) in [4.78, 5) is 11.3. The normalized spacial score (nSPS) is 10.9. The number of amides is 1. The zero-order valence-corrected chi connectivity index (χ0v) is 9.33. The number of ether oxygens (including phenoxy) is 1. The SMILES string of the molecule is CC(C)(C)OC(=O)NCc1cc[c]cc1. The molecular weight excluding hydrogens is 190 g/mol. The van der Waals surface area contributed by atoms with Crippen LogP contribution in [0.25, 0.3) is 0 Å². The molecule has 0 bridgehead atoms. The highest BCUT2D eigenvalue weighted by Gasteiger charge is 2.15. The van der Waals surface area contributed by atoms with E-state index < -0.39 is 11.7 Å². The summed E-state index contributed by atoms with van der Waals surface area (Å²) < 4.78 is 5.10. The fraction of sp³-hybridized carbons (Fsp3) is 0.417. The van der Waals surface area contributed by atoms with Gasteiger partial charge in [0.05, 0.1) is 0 Å². The quantitative estimate of drug-likeness (QED) is 0.807. The third-order valence-corrected chi connectivity index (χ3v) is 1.62. The fourth-order valence-electron chi connectivity index (χ4n) is 1.03. The van der Waals surface area contributed by atoms with Gasteiger partial charge in [-0.2, -0.15) is 0 Å². The fourth-order valence-corrected chi connectivity index (χ4v) is 1.03. The maximum Gasteiger partial charge on any atom is 0.407 e. The smallest absolute Gasteiger partial charge is 0.407 e. The van der Waals surface area contributed by atoms with Crippen LogP contribution in [-0.4, -0.2) is 11.7 Å². The minimum absolute atomic E-state index is 0.393. The highest BCUT2D eigenvalue weighted by atomic mass is 16.6. The van der Waals surface area contributed by atoms with E-state index in [1.165, 1.54) is 0 Å². The minimum atomic E-state index is -0.450. The molecule has 1 aromatic rings. The van der Waals surface area contributed by atoms with Crippen LogP contribution in [0.4, 0.5) is 4.79 Å². The lowest BCUT2D eigenvalue weighted by molar-refractivity contribution is 0.0523. The average molecular weight is 206 g/mol. The van der Waals surface area contributed by atoms with E-state index in [4.69, 9.17) is 4.74 Å². The van der Waals surface area contributed by atoms with Crippen LogP contribution in [-0.2, 0) is 11.3 Å². The molecule has 0 saturated heterocycles. The van der Waals surface area contributed by atoms with Crippen molar-refractivity contribution in [3.8, 4) is 0 Å². The van der Waals surface area contributed by atoms with Crippen molar-refractivity contribution in [1.29, 1.82) is 0 Å². The molecule has 0 aliphatic carbocycles. The molecule has 3 nitrogen and oxygen atoms in total. The molecule has 0 aliphatic heterocycles. The molecule has 0 fully saturated rings. The molecule has 1 rings (SSSR count). The van der Waals surface area contributed by atoms with E-state index in [9.17, 15) is 4.79 Å². The molecule has 0 spiro atoms. The minimum Gasteiger partial charge on any atom is -0.444 e. The number of alkyl carbamates (subject to hydrolysis) is 1. The van der Waals surface area contributed by atoms with Gasteiger partial charge in [-0.05, 0) is 32.4 Å². The first-order valence-corrected chi connectivity index (χ1v) is 4.89. The van der Waals surface area contributed by atoms with Gasteiger partial charge in [0.2, 0.25) is 0 Å². The van der Waals surface area contributed by atoms with Crippen LogP contribution in [0.2, 0.25) is 0 Å². The van der Waals surface area contributed by atoms with Crippen LogP contribution in [0.3, 0.4) is 0 Å². The molecule has 0 heterocycles. The van der Waals surface area contributed by atoms with E-state index >= 15 is 0 Å². The second kappa shape index (κ2) is 4.82. The third-order valence-electron chi connectivity index (χ3n) is 1.62. The molecule has 0 atom stereocenters. The third kappa shape index (κ3) is 5.05. The molecule has 3 heteroatoms. The number of rotatable bonds is 2. The molecule has 1 radical (unpaired) electrons. The molecule has 1 aromatic carbocycles. The Morgan fingerprint density at radius 3 is 2.53 bits per heavy atom. The van der Waals surface area contributed by atoms with Crippen molar-refractivity contribution >= 4 is 6.09 Å². The van der Waals surface area contributed by atoms with Crippen LogP contribution < -0.4 is 5.32 Å². The Kier molecular flexibility index (Phi) is 3.72. The highest BCUT2D eigenvalue weighted by molar-refractivity contribution is 5.67. The summed E-state index contributed by atoms with van der Waals surface area (Å²) in [6, 6.07) is 10.3. The zero-order chi connectivity index (χ0) is 11.3. The maximum absolute atomic E-state index is 11.3. The van der Waals surface area contributed by atoms with E-state index in [0.717, 1.165) is 5.56 Å². The number of carbonyl (C=O) groups is 1. The lowest BCUT2D eigenvalue weighted by Crippen LogP contribution is -2.32. The van der Waals surface area contributed by atoms with E-state index in [1.807, 2.05) is 45.0 Å². The molecule has 0 aliphatic rings. The zero-order valence-electron chi connectivity index (χ0n) is 9.33. The number of carbonyl (C=O) groups excluding carboxylic acids is 1. The van der Waals surface area contributed by atoms with Crippen LogP contribution in [0.15, 0.2) is 24.3 Å². The summed E-state index contributed by atoms with van der Waals surface area (Å²) in [6.07, 6.45) is -0.393. The molecule has 0 unspecified atom stereocenters. The topological polar surface area (TPSA) is 38.3 Å². The van der Waals surface area contributed by atoms with Gasteiger partial charge < -0.3 is 10.1 Å². The van der Waals surface area contributed by atoms with Gasteiger partial charge >= 0.3 is 6.09 Å². The summed E-state index contributed by atoms with van der Waals surface area (Å²) in [7, 11) is 0. The summed E-state index contributed by atoms with van der Waals surface area (Å²) in [5, 5.41) is 2.68. The van der Waals surface area contributed by atoms with E-state index in [2.05, 4.69) is 11.4 Å². The first-order valence-electron chi connectivity index (χ1n) is 4.89. The molecule has 0 saturated carbocycles. The van der Waals surface area contributed by atoms with Crippen molar-refractivity contribution in [3.05, 3.63) is 35.9 Å². The predicted molar refractivity (Wildman–Crippen MR) is 58.4 cm³/mol. The number of hydrogen-bond donors (Lipinski definition) is 1. The highest BCUT2D eigenvalue weighted by Crippen LogP contribution is 2.06. The monoisotopic (exact) mass is 206 g/mol. The van der Waals surface area contributed by atoms with E-state index in [1.54, 1.807) is 0 Å². The Balaban J connectivity index is 2.35. The van der Waals surface area contributed by atoms with Crippen LogP contribution in [0.5, 0.6) is 0 Å². The van der Waals surface area contributed by atoms with Crippen LogP contribution >= 0.6 is 0 Å². The Morgan fingerprint density at radius 1 is 1.40 bits per heavy atom.